The Hall–Kier alpha value is -2.33. The van der Waals surface area contributed by atoms with Crippen molar-refractivity contribution in [3.63, 3.8) is 0 Å². The minimum absolute atomic E-state index is 0.124. The van der Waals surface area contributed by atoms with E-state index >= 15 is 0 Å². The van der Waals surface area contributed by atoms with Crippen molar-refractivity contribution in [1.29, 1.82) is 0 Å². The molecule has 3 nitrogen and oxygen atoms in total. The van der Waals surface area contributed by atoms with Crippen LogP contribution in [0.15, 0.2) is 58.7 Å². The second-order valence-corrected chi connectivity index (χ2v) is 7.84. The van der Waals surface area contributed by atoms with E-state index in [0.29, 0.717) is 5.92 Å². The standard InChI is InChI=1S/C22H23NO2S/c1-25-18-7-8-21-19(14-18)22(24)20(15-26-21)23-11-9-17(10-12-23)13-16-5-3-2-4-6-16/h2-8,14-15,17H,9-13H2,1H3. The molecular formula is C22H23NO2S. The normalized spacial score (nSPS) is 15.3. The monoisotopic (exact) mass is 365 g/mol. The summed E-state index contributed by atoms with van der Waals surface area (Å²) < 4.78 is 6.30. The number of methoxy groups -OCH3 is 1. The van der Waals surface area contributed by atoms with E-state index in [0.717, 1.165) is 53.9 Å². The molecule has 0 aliphatic carbocycles. The van der Waals surface area contributed by atoms with E-state index in [1.165, 1.54) is 5.56 Å². The largest absolute Gasteiger partial charge is 0.497 e. The molecule has 4 heteroatoms. The summed E-state index contributed by atoms with van der Waals surface area (Å²) in [6.07, 6.45) is 3.40. The number of hydrogen-bond acceptors (Lipinski definition) is 4. The fourth-order valence-electron chi connectivity index (χ4n) is 3.77. The number of rotatable bonds is 4. The SMILES string of the molecule is COc1ccc2scc(N3CCC(Cc4ccccc4)CC3)c(=O)c2c1. The molecule has 1 fully saturated rings. The highest BCUT2D eigenvalue weighted by Gasteiger charge is 2.22. The summed E-state index contributed by atoms with van der Waals surface area (Å²) in [5.74, 6) is 1.44. The van der Waals surface area contributed by atoms with Gasteiger partial charge in [-0.1, -0.05) is 30.3 Å². The first-order valence-electron chi connectivity index (χ1n) is 9.13. The van der Waals surface area contributed by atoms with Crippen LogP contribution in [0.5, 0.6) is 5.75 Å². The van der Waals surface area contributed by atoms with Gasteiger partial charge < -0.3 is 9.64 Å². The van der Waals surface area contributed by atoms with E-state index < -0.39 is 0 Å². The molecule has 0 radical (unpaired) electrons. The Morgan fingerprint density at radius 2 is 1.88 bits per heavy atom. The van der Waals surface area contributed by atoms with Crippen LogP contribution in [0.2, 0.25) is 0 Å². The lowest BCUT2D eigenvalue weighted by molar-refractivity contribution is 0.403. The molecule has 2 heterocycles. The van der Waals surface area contributed by atoms with E-state index in [9.17, 15) is 4.79 Å². The molecular weight excluding hydrogens is 342 g/mol. The van der Waals surface area contributed by atoms with Gasteiger partial charge in [0.25, 0.3) is 0 Å². The van der Waals surface area contributed by atoms with Crippen LogP contribution in [0.25, 0.3) is 10.1 Å². The van der Waals surface area contributed by atoms with Crippen LogP contribution in [0.4, 0.5) is 5.69 Å². The van der Waals surface area contributed by atoms with E-state index in [-0.39, 0.29) is 5.43 Å². The highest BCUT2D eigenvalue weighted by Crippen LogP contribution is 2.28. The lowest BCUT2D eigenvalue weighted by Gasteiger charge is -2.33. The quantitative estimate of drug-likeness (QED) is 0.669. The Labute approximate surface area is 157 Å². The van der Waals surface area contributed by atoms with E-state index in [1.54, 1.807) is 18.4 Å². The maximum Gasteiger partial charge on any atom is 0.211 e. The summed E-state index contributed by atoms with van der Waals surface area (Å²) in [5.41, 5.74) is 2.38. The Balaban J connectivity index is 1.50. The molecule has 134 valence electrons. The van der Waals surface area contributed by atoms with Crippen molar-refractivity contribution in [3.05, 3.63) is 69.7 Å². The first kappa shape index (κ1) is 17.1. The predicted molar refractivity (Wildman–Crippen MR) is 110 cm³/mol. The summed E-state index contributed by atoms with van der Waals surface area (Å²) in [6, 6.07) is 16.4. The molecule has 0 bridgehead atoms. The predicted octanol–water partition coefficient (Wildman–Crippen LogP) is 4.73. The summed E-state index contributed by atoms with van der Waals surface area (Å²) in [6.45, 7) is 1.91. The third-order valence-corrected chi connectivity index (χ3v) is 6.23. The Bertz CT molecular complexity index is 943. The average molecular weight is 365 g/mol. The van der Waals surface area contributed by atoms with Crippen LogP contribution in [0.3, 0.4) is 0 Å². The van der Waals surface area contributed by atoms with Crippen LogP contribution >= 0.6 is 11.3 Å². The fraction of sp³-hybridized carbons (Fsp3) is 0.318. The molecule has 26 heavy (non-hydrogen) atoms. The number of fused-ring (bicyclic) bond motifs is 1. The number of hydrogen-bond donors (Lipinski definition) is 0. The zero-order chi connectivity index (χ0) is 17.9. The maximum absolute atomic E-state index is 13.0. The van der Waals surface area contributed by atoms with Gasteiger partial charge in [-0.2, -0.15) is 0 Å². The highest BCUT2D eigenvalue weighted by molar-refractivity contribution is 7.16. The second kappa shape index (κ2) is 7.50. The lowest BCUT2D eigenvalue weighted by Crippen LogP contribution is -2.36. The van der Waals surface area contributed by atoms with Crippen molar-refractivity contribution >= 4 is 27.1 Å². The van der Waals surface area contributed by atoms with Gasteiger partial charge in [-0.15, -0.1) is 11.3 Å². The molecule has 0 amide bonds. The minimum atomic E-state index is 0.124. The summed E-state index contributed by atoms with van der Waals surface area (Å²) in [4.78, 5) is 15.2. The van der Waals surface area contributed by atoms with Gasteiger partial charge in [-0.25, -0.2) is 0 Å². The Morgan fingerprint density at radius 1 is 1.12 bits per heavy atom. The first-order chi connectivity index (χ1) is 12.7. The summed E-state index contributed by atoms with van der Waals surface area (Å²) in [7, 11) is 1.64. The molecule has 1 saturated heterocycles. The lowest BCUT2D eigenvalue weighted by atomic mass is 9.90. The van der Waals surface area contributed by atoms with Gasteiger partial charge in [0.15, 0.2) is 0 Å². The molecule has 0 spiro atoms. The Morgan fingerprint density at radius 3 is 2.62 bits per heavy atom. The summed E-state index contributed by atoms with van der Waals surface area (Å²) >= 11 is 1.64. The van der Waals surface area contributed by atoms with Gasteiger partial charge in [0, 0.05) is 28.6 Å². The number of anilines is 1. The van der Waals surface area contributed by atoms with Crippen molar-refractivity contribution in [1.82, 2.24) is 0 Å². The topological polar surface area (TPSA) is 29.5 Å². The van der Waals surface area contributed by atoms with Crippen molar-refractivity contribution in [2.45, 2.75) is 19.3 Å². The maximum atomic E-state index is 13.0. The van der Waals surface area contributed by atoms with Crippen molar-refractivity contribution < 1.29 is 4.74 Å². The number of ether oxygens (including phenoxy) is 1. The molecule has 0 N–H and O–H groups in total. The smallest absolute Gasteiger partial charge is 0.211 e. The van der Waals surface area contributed by atoms with Gasteiger partial charge in [-0.05, 0) is 48.9 Å². The van der Waals surface area contributed by atoms with E-state index in [4.69, 9.17) is 4.74 Å². The van der Waals surface area contributed by atoms with Crippen LogP contribution in [-0.4, -0.2) is 20.2 Å². The molecule has 2 aromatic carbocycles. The van der Waals surface area contributed by atoms with Gasteiger partial charge in [0.1, 0.15) is 5.75 Å². The molecule has 0 saturated carbocycles. The molecule has 3 aromatic rings. The van der Waals surface area contributed by atoms with Gasteiger partial charge >= 0.3 is 0 Å². The van der Waals surface area contributed by atoms with Crippen LogP contribution < -0.4 is 15.1 Å². The molecule has 1 aromatic heterocycles. The molecule has 1 aliphatic rings. The van der Waals surface area contributed by atoms with E-state index in [2.05, 4.69) is 35.2 Å². The third-order valence-electron chi connectivity index (χ3n) is 5.28. The van der Waals surface area contributed by atoms with Crippen molar-refractivity contribution in [2.24, 2.45) is 5.92 Å². The van der Waals surface area contributed by atoms with Crippen LogP contribution in [0.1, 0.15) is 18.4 Å². The molecule has 0 unspecified atom stereocenters. The number of nitrogens with zero attached hydrogens (tertiary/aromatic N) is 1. The third kappa shape index (κ3) is 3.47. The van der Waals surface area contributed by atoms with Crippen molar-refractivity contribution in [3.8, 4) is 5.75 Å². The van der Waals surface area contributed by atoms with Gasteiger partial charge in [0.2, 0.25) is 5.43 Å². The fourth-order valence-corrected chi connectivity index (χ4v) is 4.69. The molecule has 4 rings (SSSR count). The minimum Gasteiger partial charge on any atom is -0.497 e. The Kier molecular flexibility index (Phi) is 4.93. The van der Waals surface area contributed by atoms with E-state index in [1.807, 2.05) is 23.6 Å². The number of piperidine rings is 1. The molecule has 1 aliphatic heterocycles. The first-order valence-corrected chi connectivity index (χ1v) is 10.0. The van der Waals surface area contributed by atoms with Crippen molar-refractivity contribution in [2.75, 3.05) is 25.1 Å². The number of benzene rings is 2. The average Bonchev–Trinajstić information content (AvgIpc) is 2.70. The second-order valence-electron chi connectivity index (χ2n) is 6.93. The summed E-state index contributed by atoms with van der Waals surface area (Å²) in [5, 5.41) is 2.78. The molecule has 0 atom stereocenters. The van der Waals surface area contributed by atoms with Gasteiger partial charge in [0.05, 0.1) is 12.8 Å². The zero-order valence-electron chi connectivity index (χ0n) is 15.0. The highest BCUT2D eigenvalue weighted by atomic mass is 32.1. The van der Waals surface area contributed by atoms with Crippen LogP contribution in [-0.2, 0) is 6.42 Å². The van der Waals surface area contributed by atoms with Gasteiger partial charge in [-0.3, -0.25) is 4.79 Å². The zero-order valence-corrected chi connectivity index (χ0v) is 15.8. The van der Waals surface area contributed by atoms with Crippen LogP contribution in [0, 0.1) is 5.92 Å².